The fourth-order valence-corrected chi connectivity index (χ4v) is 2.82. The normalized spacial score (nSPS) is 12.0. The van der Waals surface area contributed by atoms with Crippen molar-refractivity contribution in [3.05, 3.63) is 58.0 Å². The van der Waals surface area contributed by atoms with Crippen LogP contribution in [-0.2, 0) is 17.6 Å². The summed E-state index contributed by atoms with van der Waals surface area (Å²) in [5.74, 6) is -1.13. The van der Waals surface area contributed by atoms with E-state index in [0.717, 1.165) is 0 Å². The Labute approximate surface area is 141 Å². The lowest BCUT2D eigenvalue weighted by Crippen LogP contribution is -2.35. The minimum Gasteiger partial charge on any atom is -0.481 e. The van der Waals surface area contributed by atoms with Crippen molar-refractivity contribution in [2.45, 2.75) is 46.6 Å². The van der Waals surface area contributed by atoms with E-state index in [1.54, 1.807) is 6.92 Å². The Kier molecular flexibility index (Phi) is 5.44. The molecule has 128 valence electrons. The minimum absolute atomic E-state index is 0.0779. The Morgan fingerprint density at radius 1 is 1.21 bits per heavy atom. The molecule has 5 nitrogen and oxygen atoms in total. The first-order chi connectivity index (χ1) is 11.3. The average molecular weight is 329 g/mol. The summed E-state index contributed by atoms with van der Waals surface area (Å²) in [6, 6.07) is 6.18. The lowest BCUT2D eigenvalue weighted by Gasteiger charge is -2.16. The van der Waals surface area contributed by atoms with E-state index >= 15 is 0 Å². The summed E-state index contributed by atoms with van der Waals surface area (Å²) in [5.41, 5.74) is 4.55. The molecule has 0 fully saturated rings. The highest BCUT2D eigenvalue weighted by Crippen LogP contribution is 2.18. The fraction of sp³-hybridized carbons (Fsp3) is 0.368. The number of aryl methyl sites for hydroxylation is 3. The standard InChI is InChI=1S/C19H23NO4/c1-11-5-6-15(12(2)7-11)8-14(4)20-19(23)18-13(3)10-24-16(18)9-17(21)22/h5-7,10,14H,8-9H2,1-4H3,(H,20,23)(H,21,22). The number of furan rings is 1. The number of hydrogen-bond acceptors (Lipinski definition) is 3. The summed E-state index contributed by atoms with van der Waals surface area (Å²) >= 11 is 0. The molecule has 0 aliphatic carbocycles. The molecule has 0 aliphatic rings. The van der Waals surface area contributed by atoms with Crippen LogP contribution >= 0.6 is 0 Å². The molecule has 0 saturated carbocycles. The summed E-state index contributed by atoms with van der Waals surface area (Å²) in [4.78, 5) is 23.4. The Bertz CT molecular complexity index is 761. The van der Waals surface area contributed by atoms with Crippen LogP contribution in [0.5, 0.6) is 0 Å². The number of hydrogen-bond donors (Lipinski definition) is 2. The van der Waals surface area contributed by atoms with Crippen molar-refractivity contribution in [3.63, 3.8) is 0 Å². The summed E-state index contributed by atoms with van der Waals surface area (Å²) in [6.07, 6.45) is 1.83. The van der Waals surface area contributed by atoms with Gasteiger partial charge in [-0.15, -0.1) is 0 Å². The van der Waals surface area contributed by atoms with Crippen LogP contribution < -0.4 is 5.32 Å². The van der Waals surface area contributed by atoms with Gasteiger partial charge in [0, 0.05) is 11.6 Å². The van der Waals surface area contributed by atoms with E-state index in [0.29, 0.717) is 17.5 Å². The molecule has 5 heteroatoms. The molecule has 1 heterocycles. The average Bonchev–Trinajstić information content (AvgIpc) is 2.82. The number of amides is 1. The number of nitrogens with one attached hydrogen (secondary N) is 1. The predicted octanol–water partition coefficient (Wildman–Crippen LogP) is 3.19. The molecule has 1 aromatic carbocycles. The lowest BCUT2D eigenvalue weighted by molar-refractivity contribution is -0.136. The molecule has 24 heavy (non-hydrogen) atoms. The van der Waals surface area contributed by atoms with Gasteiger partial charge in [0.1, 0.15) is 12.2 Å². The van der Waals surface area contributed by atoms with Crippen LogP contribution in [0.15, 0.2) is 28.9 Å². The molecule has 0 spiro atoms. The van der Waals surface area contributed by atoms with Crippen molar-refractivity contribution in [1.82, 2.24) is 5.32 Å². The van der Waals surface area contributed by atoms with Gasteiger partial charge in [-0.2, -0.15) is 0 Å². The highest BCUT2D eigenvalue weighted by molar-refractivity contribution is 5.97. The SMILES string of the molecule is Cc1ccc(CC(C)NC(=O)c2c(C)coc2CC(=O)O)c(C)c1. The predicted molar refractivity (Wildman–Crippen MR) is 91.3 cm³/mol. The van der Waals surface area contributed by atoms with E-state index in [1.165, 1.54) is 23.0 Å². The summed E-state index contributed by atoms with van der Waals surface area (Å²) in [5, 5.41) is 11.9. The van der Waals surface area contributed by atoms with Gasteiger partial charge in [0.2, 0.25) is 0 Å². The van der Waals surface area contributed by atoms with Gasteiger partial charge in [-0.25, -0.2) is 0 Å². The van der Waals surface area contributed by atoms with Crippen LogP contribution in [0.25, 0.3) is 0 Å². The maximum atomic E-state index is 12.5. The van der Waals surface area contributed by atoms with Crippen LogP contribution in [0.3, 0.4) is 0 Å². The van der Waals surface area contributed by atoms with Gasteiger partial charge in [-0.3, -0.25) is 9.59 Å². The van der Waals surface area contributed by atoms with Gasteiger partial charge in [0.05, 0.1) is 11.8 Å². The Morgan fingerprint density at radius 3 is 2.54 bits per heavy atom. The Hall–Kier alpha value is -2.56. The lowest BCUT2D eigenvalue weighted by atomic mass is 9.99. The maximum absolute atomic E-state index is 12.5. The first-order valence-corrected chi connectivity index (χ1v) is 7.93. The van der Waals surface area contributed by atoms with Crippen LogP contribution in [0, 0.1) is 20.8 Å². The molecule has 2 aromatic rings. The summed E-state index contributed by atoms with van der Waals surface area (Å²) in [7, 11) is 0. The second-order valence-electron chi connectivity index (χ2n) is 6.30. The van der Waals surface area contributed by atoms with Crippen molar-refractivity contribution < 1.29 is 19.1 Å². The number of carboxylic acids is 1. The van der Waals surface area contributed by atoms with Crippen LogP contribution in [0.4, 0.5) is 0 Å². The zero-order valence-electron chi connectivity index (χ0n) is 14.5. The van der Waals surface area contributed by atoms with Crippen molar-refractivity contribution in [3.8, 4) is 0 Å². The van der Waals surface area contributed by atoms with Gasteiger partial charge in [-0.05, 0) is 45.2 Å². The Morgan fingerprint density at radius 2 is 1.92 bits per heavy atom. The van der Waals surface area contributed by atoms with Crippen molar-refractivity contribution in [1.29, 1.82) is 0 Å². The molecule has 1 unspecified atom stereocenters. The van der Waals surface area contributed by atoms with Gasteiger partial charge in [-0.1, -0.05) is 23.8 Å². The largest absolute Gasteiger partial charge is 0.481 e. The number of carbonyl (C=O) groups is 2. The highest BCUT2D eigenvalue weighted by atomic mass is 16.4. The molecule has 0 saturated heterocycles. The number of carboxylic acid groups (broad SMARTS) is 1. The molecule has 0 aliphatic heterocycles. The van der Waals surface area contributed by atoms with Crippen molar-refractivity contribution >= 4 is 11.9 Å². The number of benzene rings is 1. The molecule has 1 aromatic heterocycles. The van der Waals surface area contributed by atoms with E-state index in [-0.39, 0.29) is 24.1 Å². The van der Waals surface area contributed by atoms with Crippen LogP contribution in [0.1, 0.15) is 45.3 Å². The quantitative estimate of drug-likeness (QED) is 0.853. The third kappa shape index (κ3) is 4.25. The molecule has 2 rings (SSSR count). The first kappa shape index (κ1) is 17.8. The van der Waals surface area contributed by atoms with Gasteiger partial charge < -0.3 is 14.8 Å². The van der Waals surface area contributed by atoms with E-state index < -0.39 is 5.97 Å². The molecular weight excluding hydrogens is 306 g/mol. The number of aliphatic carboxylic acids is 1. The van der Waals surface area contributed by atoms with Crippen molar-refractivity contribution in [2.24, 2.45) is 0 Å². The van der Waals surface area contributed by atoms with Crippen LogP contribution in [0.2, 0.25) is 0 Å². The zero-order chi connectivity index (χ0) is 17.9. The summed E-state index contributed by atoms with van der Waals surface area (Å²) in [6.45, 7) is 7.78. The maximum Gasteiger partial charge on any atom is 0.311 e. The third-order valence-electron chi connectivity index (χ3n) is 3.99. The molecule has 0 bridgehead atoms. The molecular formula is C19H23NO4. The fourth-order valence-electron chi connectivity index (χ4n) is 2.82. The third-order valence-corrected chi connectivity index (χ3v) is 3.99. The first-order valence-electron chi connectivity index (χ1n) is 7.93. The van der Waals surface area contributed by atoms with Crippen molar-refractivity contribution in [2.75, 3.05) is 0 Å². The van der Waals surface area contributed by atoms with E-state index in [4.69, 9.17) is 9.52 Å². The van der Waals surface area contributed by atoms with E-state index in [9.17, 15) is 9.59 Å². The van der Waals surface area contributed by atoms with Gasteiger partial charge in [0.15, 0.2) is 0 Å². The van der Waals surface area contributed by atoms with Gasteiger partial charge >= 0.3 is 5.97 Å². The topological polar surface area (TPSA) is 79.5 Å². The Balaban J connectivity index is 2.09. The second kappa shape index (κ2) is 7.34. The number of carbonyl (C=O) groups excluding carboxylic acids is 1. The highest BCUT2D eigenvalue weighted by Gasteiger charge is 2.21. The minimum atomic E-state index is -1.03. The molecule has 0 radical (unpaired) electrons. The smallest absolute Gasteiger partial charge is 0.311 e. The van der Waals surface area contributed by atoms with Gasteiger partial charge in [0.25, 0.3) is 5.91 Å². The molecule has 1 amide bonds. The number of rotatable bonds is 6. The monoisotopic (exact) mass is 329 g/mol. The van der Waals surface area contributed by atoms with Crippen LogP contribution in [-0.4, -0.2) is 23.0 Å². The molecule has 1 atom stereocenters. The van der Waals surface area contributed by atoms with E-state index in [2.05, 4.69) is 30.4 Å². The molecule has 2 N–H and O–H groups in total. The zero-order valence-corrected chi connectivity index (χ0v) is 14.5. The second-order valence-corrected chi connectivity index (χ2v) is 6.30. The van der Waals surface area contributed by atoms with E-state index in [1.807, 2.05) is 13.8 Å². The summed E-state index contributed by atoms with van der Waals surface area (Å²) < 4.78 is 5.22.